The smallest absolute Gasteiger partial charge is 0.0449 e. The molecule has 3 heteroatoms. The van der Waals surface area contributed by atoms with E-state index in [2.05, 4.69) is 28.1 Å². The third-order valence-corrected chi connectivity index (χ3v) is 5.02. The average Bonchev–Trinajstić information content (AvgIpc) is 2.59. The maximum absolute atomic E-state index is 6.34. The molecule has 0 bridgehead atoms. The fraction of sp³-hybridized carbons (Fsp3) is 0.600. The quantitative estimate of drug-likeness (QED) is 0.780. The zero-order chi connectivity index (χ0) is 13.0. The summed E-state index contributed by atoms with van der Waals surface area (Å²) >= 11 is 9.79. The molecular weight excluding hydrogens is 310 g/mol. The van der Waals surface area contributed by atoms with Crippen LogP contribution in [-0.4, -0.2) is 6.54 Å². The van der Waals surface area contributed by atoms with Gasteiger partial charge in [-0.15, -0.1) is 0 Å². The first-order valence-electron chi connectivity index (χ1n) is 6.79. The summed E-state index contributed by atoms with van der Waals surface area (Å²) in [7, 11) is 0. The van der Waals surface area contributed by atoms with Crippen LogP contribution in [0.1, 0.15) is 44.1 Å². The molecule has 0 amide bonds. The second-order valence-electron chi connectivity index (χ2n) is 5.53. The van der Waals surface area contributed by atoms with Gasteiger partial charge < -0.3 is 5.73 Å². The molecule has 0 aliphatic heterocycles. The van der Waals surface area contributed by atoms with Crippen molar-refractivity contribution in [2.45, 2.75) is 44.9 Å². The van der Waals surface area contributed by atoms with Crippen molar-refractivity contribution in [3.05, 3.63) is 33.3 Å². The summed E-state index contributed by atoms with van der Waals surface area (Å²) in [5, 5.41) is 0.862. The molecule has 2 rings (SSSR count). The van der Waals surface area contributed by atoms with E-state index in [0.29, 0.717) is 0 Å². The van der Waals surface area contributed by atoms with E-state index >= 15 is 0 Å². The highest BCUT2D eigenvalue weighted by molar-refractivity contribution is 9.10. The second-order valence-corrected chi connectivity index (χ2v) is 6.85. The predicted octanol–water partition coefficient (Wildman–Crippen LogP) is 4.94. The number of rotatable bonds is 3. The average molecular weight is 331 g/mol. The van der Waals surface area contributed by atoms with Gasteiger partial charge in [-0.05, 0) is 48.9 Å². The lowest BCUT2D eigenvalue weighted by Gasteiger charge is -2.32. The van der Waals surface area contributed by atoms with Gasteiger partial charge in [0, 0.05) is 9.50 Å². The lowest BCUT2D eigenvalue weighted by atomic mass is 9.75. The molecule has 1 nitrogen and oxygen atoms in total. The van der Waals surface area contributed by atoms with E-state index in [1.165, 1.54) is 44.1 Å². The van der Waals surface area contributed by atoms with Crippen LogP contribution in [0.4, 0.5) is 0 Å². The van der Waals surface area contributed by atoms with E-state index in [-0.39, 0.29) is 5.41 Å². The summed E-state index contributed by atoms with van der Waals surface area (Å²) < 4.78 is 1.04. The van der Waals surface area contributed by atoms with Crippen LogP contribution in [0.25, 0.3) is 0 Å². The SMILES string of the molecule is NCC1(Cc2ccc(Br)cc2Cl)CCCCCC1. The molecule has 18 heavy (non-hydrogen) atoms. The van der Waals surface area contributed by atoms with Gasteiger partial charge in [0.25, 0.3) is 0 Å². The third-order valence-electron chi connectivity index (χ3n) is 4.18. The second kappa shape index (κ2) is 6.40. The number of benzene rings is 1. The highest BCUT2D eigenvalue weighted by atomic mass is 79.9. The first kappa shape index (κ1) is 14.4. The highest BCUT2D eigenvalue weighted by Gasteiger charge is 2.30. The molecule has 1 aromatic carbocycles. The topological polar surface area (TPSA) is 26.0 Å². The lowest BCUT2D eigenvalue weighted by molar-refractivity contribution is 0.252. The normalized spacial score (nSPS) is 19.5. The first-order valence-corrected chi connectivity index (χ1v) is 7.96. The molecule has 0 atom stereocenters. The number of halogens is 2. The Balaban J connectivity index is 2.18. The molecule has 1 aliphatic carbocycles. The number of nitrogens with two attached hydrogens (primary N) is 1. The van der Waals surface area contributed by atoms with Gasteiger partial charge >= 0.3 is 0 Å². The Morgan fingerprint density at radius 2 is 1.83 bits per heavy atom. The van der Waals surface area contributed by atoms with Crippen molar-refractivity contribution in [1.82, 2.24) is 0 Å². The molecule has 0 radical (unpaired) electrons. The Morgan fingerprint density at radius 3 is 2.39 bits per heavy atom. The van der Waals surface area contributed by atoms with Crippen molar-refractivity contribution in [3.63, 3.8) is 0 Å². The van der Waals surface area contributed by atoms with E-state index in [1.807, 2.05) is 6.07 Å². The highest BCUT2D eigenvalue weighted by Crippen LogP contribution is 2.38. The van der Waals surface area contributed by atoms with Gasteiger partial charge in [0.1, 0.15) is 0 Å². The zero-order valence-electron chi connectivity index (χ0n) is 10.7. The Kier molecular flexibility index (Phi) is 5.11. The minimum atomic E-state index is 0.272. The van der Waals surface area contributed by atoms with E-state index in [0.717, 1.165) is 22.5 Å². The maximum Gasteiger partial charge on any atom is 0.0449 e. The molecule has 1 aromatic rings. The fourth-order valence-corrected chi connectivity index (χ4v) is 3.74. The van der Waals surface area contributed by atoms with Crippen molar-refractivity contribution in [3.8, 4) is 0 Å². The Bertz CT molecular complexity index is 397. The van der Waals surface area contributed by atoms with Crippen molar-refractivity contribution in [2.24, 2.45) is 11.1 Å². The minimum absolute atomic E-state index is 0.272. The van der Waals surface area contributed by atoms with Crippen LogP contribution in [0.15, 0.2) is 22.7 Å². The van der Waals surface area contributed by atoms with Crippen molar-refractivity contribution < 1.29 is 0 Å². The van der Waals surface area contributed by atoms with Crippen molar-refractivity contribution >= 4 is 27.5 Å². The van der Waals surface area contributed by atoms with E-state index in [1.54, 1.807) is 0 Å². The molecule has 0 spiro atoms. The number of hydrogen-bond acceptors (Lipinski definition) is 1. The Hall–Kier alpha value is -0.0500. The molecule has 0 aromatic heterocycles. The molecule has 1 fully saturated rings. The fourth-order valence-electron chi connectivity index (χ4n) is 3.00. The molecule has 2 N–H and O–H groups in total. The van der Waals surface area contributed by atoms with Crippen molar-refractivity contribution in [1.29, 1.82) is 0 Å². The Labute approximate surface area is 123 Å². The van der Waals surface area contributed by atoms with Crippen LogP contribution < -0.4 is 5.73 Å². The molecule has 1 aliphatic rings. The van der Waals surface area contributed by atoms with Crippen LogP contribution in [-0.2, 0) is 6.42 Å². The van der Waals surface area contributed by atoms with Crippen LogP contribution in [0.5, 0.6) is 0 Å². The summed E-state index contributed by atoms with van der Waals surface area (Å²) in [5.74, 6) is 0. The summed E-state index contributed by atoms with van der Waals surface area (Å²) in [6, 6.07) is 6.19. The molecule has 0 heterocycles. The van der Waals surface area contributed by atoms with E-state index in [4.69, 9.17) is 17.3 Å². The monoisotopic (exact) mass is 329 g/mol. The molecule has 0 saturated heterocycles. The van der Waals surface area contributed by atoms with Crippen LogP contribution in [0, 0.1) is 5.41 Å². The molecule has 0 unspecified atom stereocenters. The minimum Gasteiger partial charge on any atom is -0.330 e. The van der Waals surface area contributed by atoms with Crippen molar-refractivity contribution in [2.75, 3.05) is 6.54 Å². The summed E-state index contributed by atoms with van der Waals surface area (Å²) in [5.41, 5.74) is 7.60. The molecule has 1 saturated carbocycles. The van der Waals surface area contributed by atoms with Crippen LogP contribution in [0.2, 0.25) is 5.02 Å². The zero-order valence-corrected chi connectivity index (χ0v) is 13.1. The van der Waals surface area contributed by atoms with Crippen LogP contribution in [0.3, 0.4) is 0 Å². The summed E-state index contributed by atoms with van der Waals surface area (Å²) in [6.07, 6.45) is 8.85. The van der Waals surface area contributed by atoms with Gasteiger partial charge in [0.05, 0.1) is 0 Å². The summed E-state index contributed by atoms with van der Waals surface area (Å²) in [4.78, 5) is 0. The van der Waals surface area contributed by atoms with Gasteiger partial charge in [0.15, 0.2) is 0 Å². The van der Waals surface area contributed by atoms with Gasteiger partial charge in [-0.2, -0.15) is 0 Å². The van der Waals surface area contributed by atoms with E-state index in [9.17, 15) is 0 Å². The van der Waals surface area contributed by atoms with Gasteiger partial charge in [0.2, 0.25) is 0 Å². The summed E-state index contributed by atoms with van der Waals surface area (Å²) in [6.45, 7) is 0.777. The number of hydrogen-bond donors (Lipinski definition) is 1. The predicted molar refractivity (Wildman–Crippen MR) is 82.0 cm³/mol. The molecular formula is C15H21BrClN. The standard InChI is InChI=1S/C15H21BrClN/c16-13-6-5-12(14(17)9-13)10-15(11-18)7-3-1-2-4-8-15/h5-6,9H,1-4,7-8,10-11,18H2. The first-order chi connectivity index (χ1) is 8.65. The maximum atomic E-state index is 6.34. The van der Waals surface area contributed by atoms with E-state index < -0.39 is 0 Å². The molecule has 100 valence electrons. The van der Waals surface area contributed by atoms with Gasteiger partial charge in [-0.25, -0.2) is 0 Å². The lowest BCUT2D eigenvalue weighted by Crippen LogP contribution is -2.32. The largest absolute Gasteiger partial charge is 0.330 e. The Morgan fingerprint density at radius 1 is 1.17 bits per heavy atom. The van der Waals surface area contributed by atoms with Gasteiger partial charge in [-0.3, -0.25) is 0 Å². The van der Waals surface area contributed by atoms with Gasteiger partial charge in [-0.1, -0.05) is 59.3 Å². The van der Waals surface area contributed by atoms with Crippen LogP contribution >= 0.6 is 27.5 Å². The third kappa shape index (κ3) is 3.49.